The van der Waals surface area contributed by atoms with Crippen molar-refractivity contribution < 1.29 is 9.47 Å². The number of anilines is 2. The van der Waals surface area contributed by atoms with Gasteiger partial charge in [0.2, 0.25) is 5.88 Å². The van der Waals surface area contributed by atoms with E-state index in [4.69, 9.17) is 15.2 Å². The number of nitrogens with two attached hydrogens (primary N) is 1. The molecule has 4 rings (SSSR count). The van der Waals surface area contributed by atoms with Gasteiger partial charge in [-0.05, 0) is 25.0 Å². The maximum absolute atomic E-state index is 6.19. The molecule has 3 N–H and O–H groups in total. The number of benzene rings is 1. The molecule has 0 saturated carbocycles. The number of para-hydroxylation sites is 1. The fraction of sp³-hybridized carbons (Fsp3) is 0.278. The van der Waals surface area contributed by atoms with Crippen molar-refractivity contribution in [3.63, 3.8) is 0 Å². The van der Waals surface area contributed by atoms with E-state index < -0.39 is 0 Å². The third-order valence-electron chi connectivity index (χ3n) is 4.17. The van der Waals surface area contributed by atoms with E-state index in [-0.39, 0.29) is 6.10 Å². The topological polar surface area (TPSA) is 95.2 Å². The molecule has 1 aliphatic rings. The van der Waals surface area contributed by atoms with Gasteiger partial charge in [-0.3, -0.25) is 4.98 Å². The summed E-state index contributed by atoms with van der Waals surface area (Å²) in [7, 11) is 0. The maximum Gasteiger partial charge on any atom is 0.248 e. The number of pyridine rings is 1. The number of nitrogens with zero attached hydrogens (tertiary/aromatic N) is 3. The van der Waals surface area contributed by atoms with Crippen LogP contribution in [0.5, 0.6) is 11.6 Å². The van der Waals surface area contributed by atoms with Gasteiger partial charge in [-0.15, -0.1) is 0 Å². The molecule has 2 aromatic heterocycles. The zero-order chi connectivity index (χ0) is 17.1. The van der Waals surface area contributed by atoms with E-state index in [0.29, 0.717) is 29.7 Å². The highest BCUT2D eigenvalue weighted by molar-refractivity contribution is 5.84. The Balaban J connectivity index is 1.56. The summed E-state index contributed by atoms with van der Waals surface area (Å²) in [5, 5.41) is 4.21. The highest BCUT2D eigenvalue weighted by Crippen LogP contribution is 2.32. The van der Waals surface area contributed by atoms with E-state index in [1.807, 2.05) is 30.3 Å². The Hall–Kier alpha value is -2.93. The minimum Gasteiger partial charge on any atom is -0.435 e. The Morgan fingerprint density at radius 3 is 3.00 bits per heavy atom. The van der Waals surface area contributed by atoms with E-state index in [2.05, 4.69) is 20.3 Å². The van der Waals surface area contributed by atoms with Crippen LogP contribution in [-0.4, -0.2) is 34.2 Å². The van der Waals surface area contributed by atoms with Crippen LogP contribution in [-0.2, 0) is 4.74 Å². The molecule has 7 nitrogen and oxygen atoms in total. The van der Waals surface area contributed by atoms with Gasteiger partial charge in [0.25, 0.3) is 0 Å². The van der Waals surface area contributed by atoms with E-state index >= 15 is 0 Å². The normalized spacial score (nSPS) is 16.9. The lowest BCUT2D eigenvalue weighted by atomic mass is 10.2. The standard InChI is InChI=1S/C18H19N5O2/c19-15-17(21-10-13-6-3-9-24-13)22-11-23-18(15)25-14-7-1-4-12-5-2-8-20-16(12)14/h1-2,4-5,7-8,11,13H,3,6,9-10,19H2,(H,21,22,23). The average molecular weight is 337 g/mol. The van der Waals surface area contributed by atoms with Gasteiger partial charge < -0.3 is 20.5 Å². The monoisotopic (exact) mass is 337 g/mol. The summed E-state index contributed by atoms with van der Waals surface area (Å²) in [4.78, 5) is 12.7. The summed E-state index contributed by atoms with van der Waals surface area (Å²) in [6.07, 6.45) is 5.49. The lowest BCUT2D eigenvalue weighted by molar-refractivity contribution is 0.120. The van der Waals surface area contributed by atoms with Crippen molar-refractivity contribution in [2.45, 2.75) is 18.9 Å². The smallest absolute Gasteiger partial charge is 0.248 e. The molecule has 1 fully saturated rings. The summed E-state index contributed by atoms with van der Waals surface area (Å²) in [6.45, 7) is 1.48. The van der Waals surface area contributed by atoms with Gasteiger partial charge in [-0.25, -0.2) is 4.98 Å². The summed E-state index contributed by atoms with van der Waals surface area (Å²) in [6, 6.07) is 9.60. The van der Waals surface area contributed by atoms with Crippen molar-refractivity contribution in [3.8, 4) is 11.6 Å². The molecule has 3 heterocycles. The van der Waals surface area contributed by atoms with E-state index in [9.17, 15) is 0 Å². The third-order valence-corrected chi connectivity index (χ3v) is 4.17. The van der Waals surface area contributed by atoms with Crippen LogP contribution in [0.1, 0.15) is 12.8 Å². The molecule has 0 spiro atoms. The lowest BCUT2D eigenvalue weighted by Gasteiger charge is -2.14. The predicted molar refractivity (Wildman–Crippen MR) is 95.7 cm³/mol. The Bertz CT molecular complexity index is 875. The predicted octanol–water partition coefficient (Wildman–Crippen LogP) is 2.99. The molecule has 1 aromatic carbocycles. The number of aromatic nitrogens is 3. The fourth-order valence-electron chi connectivity index (χ4n) is 2.88. The number of hydrogen-bond donors (Lipinski definition) is 2. The molecule has 0 bridgehead atoms. The number of fused-ring (bicyclic) bond motifs is 1. The number of nitrogen functional groups attached to an aromatic ring is 1. The average Bonchev–Trinajstić information content (AvgIpc) is 3.16. The molecule has 7 heteroatoms. The zero-order valence-corrected chi connectivity index (χ0v) is 13.7. The first kappa shape index (κ1) is 15.6. The number of ether oxygens (including phenoxy) is 2. The second-order valence-electron chi connectivity index (χ2n) is 5.89. The summed E-state index contributed by atoms with van der Waals surface area (Å²) < 4.78 is 11.5. The number of hydrogen-bond acceptors (Lipinski definition) is 7. The van der Waals surface area contributed by atoms with Crippen molar-refractivity contribution in [2.75, 3.05) is 24.2 Å². The van der Waals surface area contributed by atoms with Gasteiger partial charge >= 0.3 is 0 Å². The highest BCUT2D eigenvalue weighted by atomic mass is 16.5. The van der Waals surface area contributed by atoms with Crippen molar-refractivity contribution in [2.24, 2.45) is 0 Å². The second kappa shape index (κ2) is 6.90. The van der Waals surface area contributed by atoms with E-state index in [1.54, 1.807) is 6.20 Å². The molecule has 3 aromatic rings. The fourth-order valence-corrected chi connectivity index (χ4v) is 2.88. The zero-order valence-electron chi connectivity index (χ0n) is 13.7. The van der Waals surface area contributed by atoms with Crippen molar-refractivity contribution >= 4 is 22.4 Å². The second-order valence-corrected chi connectivity index (χ2v) is 5.89. The SMILES string of the molecule is Nc1c(NCC2CCCO2)ncnc1Oc1cccc2cccnc12. The van der Waals surface area contributed by atoms with Crippen molar-refractivity contribution in [1.29, 1.82) is 0 Å². The van der Waals surface area contributed by atoms with Crippen LogP contribution in [0.2, 0.25) is 0 Å². The third kappa shape index (κ3) is 3.32. The van der Waals surface area contributed by atoms with E-state index in [0.717, 1.165) is 30.4 Å². The van der Waals surface area contributed by atoms with Crippen molar-refractivity contribution in [1.82, 2.24) is 15.0 Å². The quantitative estimate of drug-likeness (QED) is 0.739. The van der Waals surface area contributed by atoms with Gasteiger partial charge in [0, 0.05) is 24.7 Å². The summed E-state index contributed by atoms with van der Waals surface area (Å²) >= 11 is 0. The van der Waals surface area contributed by atoms with Crippen molar-refractivity contribution in [3.05, 3.63) is 42.9 Å². The Morgan fingerprint density at radius 2 is 2.12 bits per heavy atom. The Labute approximate surface area is 145 Å². The van der Waals surface area contributed by atoms with Crippen LogP contribution in [0.25, 0.3) is 10.9 Å². The van der Waals surface area contributed by atoms with Gasteiger partial charge in [0.15, 0.2) is 11.6 Å². The highest BCUT2D eigenvalue weighted by Gasteiger charge is 2.17. The Kier molecular flexibility index (Phi) is 4.30. The minimum atomic E-state index is 0.195. The molecule has 1 aliphatic heterocycles. The van der Waals surface area contributed by atoms with Gasteiger partial charge in [0.05, 0.1) is 6.10 Å². The first-order valence-electron chi connectivity index (χ1n) is 8.29. The van der Waals surface area contributed by atoms with Gasteiger partial charge in [-0.2, -0.15) is 4.98 Å². The van der Waals surface area contributed by atoms with Crippen LogP contribution < -0.4 is 15.8 Å². The minimum absolute atomic E-state index is 0.195. The first-order chi connectivity index (χ1) is 12.3. The molecule has 0 amide bonds. The molecule has 1 atom stereocenters. The largest absolute Gasteiger partial charge is 0.435 e. The first-order valence-corrected chi connectivity index (χ1v) is 8.29. The van der Waals surface area contributed by atoms with Crippen LogP contribution in [0.3, 0.4) is 0 Å². The molecule has 25 heavy (non-hydrogen) atoms. The van der Waals surface area contributed by atoms with E-state index in [1.165, 1.54) is 6.33 Å². The van der Waals surface area contributed by atoms with Crippen LogP contribution in [0.4, 0.5) is 11.5 Å². The molecular formula is C18H19N5O2. The number of nitrogens with one attached hydrogen (secondary N) is 1. The number of rotatable bonds is 5. The molecule has 1 unspecified atom stereocenters. The summed E-state index contributed by atoms with van der Waals surface area (Å²) in [5.74, 6) is 1.46. The molecule has 128 valence electrons. The molecule has 0 radical (unpaired) electrons. The molecule has 0 aliphatic carbocycles. The molecular weight excluding hydrogens is 318 g/mol. The molecule has 1 saturated heterocycles. The van der Waals surface area contributed by atoms with Gasteiger partial charge in [-0.1, -0.05) is 18.2 Å². The van der Waals surface area contributed by atoms with Crippen LogP contribution in [0, 0.1) is 0 Å². The van der Waals surface area contributed by atoms with Crippen LogP contribution in [0.15, 0.2) is 42.9 Å². The summed E-state index contributed by atoms with van der Waals surface area (Å²) in [5.41, 5.74) is 7.32. The van der Waals surface area contributed by atoms with Crippen LogP contribution >= 0.6 is 0 Å². The maximum atomic E-state index is 6.19. The lowest BCUT2D eigenvalue weighted by Crippen LogP contribution is -2.19. The van der Waals surface area contributed by atoms with Gasteiger partial charge in [0.1, 0.15) is 17.5 Å². The Morgan fingerprint density at radius 1 is 1.20 bits per heavy atom.